The average Bonchev–Trinajstić information content (AvgIpc) is 1.91. The van der Waals surface area contributed by atoms with Gasteiger partial charge in [0.25, 0.3) is 0 Å². The van der Waals surface area contributed by atoms with E-state index in [-0.39, 0.29) is 0 Å². The van der Waals surface area contributed by atoms with Gasteiger partial charge in [-0.1, -0.05) is 47.7 Å². The minimum atomic E-state index is 0.464. The van der Waals surface area contributed by atoms with Crippen LogP contribution in [0, 0.1) is 5.92 Å². The molecule has 2 heteroatoms. The highest BCUT2D eigenvalue weighted by Crippen LogP contribution is 2.13. The Kier molecular flexibility index (Phi) is 6.02. The Bertz CT molecular complexity index is 125. The summed E-state index contributed by atoms with van der Waals surface area (Å²) in [5.41, 5.74) is 6.66. The van der Waals surface area contributed by atoms with Crippen LogP contribution in [0.2, 0.25) is 0 Å². The Hall–Kier alpha value is 0.170. The molecule has 2 N–H and O–H groups in total. The summed E-state index contributed by atoms with van der Waals surface area (Å²) < 4.78 is 1.97. The minimum absolute atomic E-state index is 0.464. The summed E-state index contributed by atoms with van der Waals surface area (Å²) in [6.07, 6.45) is 3.10. The lowest BCUT2D eigenvalue weighted by molar-refractivity contribution is 0.618. The normalized spacial score (nSPS) is 13.9. The molecule has 1 nitrogen and oxygen atoms in total. The second kappa shape index (κ2) is 5.92. The van der Waals surface area contributed by atoms with Crippen molar-refractivity contribution < 1.29 is 0 Å². The van der Waals surface area contributed by atoms with Gasteiger partial charge < -0.3 is 5.73 Å². The molecule has 58 valence electrons. The zero-order chi connectivity index (χ0) is 7.98. The first-order chi connectivity index (χ1) is 4.76. The molecule has 0 amide bonds. The summed E-state index contributed by atoms with van der Waals surface area (Å²) >= 11 is 2.19. The van der Waals surface area contributed by atoms with Crippen molar-refractivity contribution in [1.82, 2.24) is 0 Å². The van der Waals surface area contributed by atoms with E-state index in [2.05, 4.69) is 36.1 Å². The number of hydrogen-bond acceptors (Lipinski definition) is 1. The number of halogens is 1. The van der Waals surface area contributed by atoms with Crippen LogP contribution in [0.3, 0.4) is 0 Å². The molecule has 0 aromatic heterocycles. The molecule has 0 heterocycles. The Morgan fingerprint density at radius 3 is 2.70 bits per heavy atom. The van der Waals surface area contributed by atoms with E-state index in [0.717, 1.165) is 12.0 Å². The van der Waals surface area contributed by atoms with Crippen LogP contribution in [0.1, 0.15) is 13.3 Å². The standard InChI is InChI=1S/C8H14IN/c1-3-8(6-10)7(2)4-5-9/h4-5,8H,2-3,6,10H2,1H3/b5-4-. The lowest BCUT2D eigenvalue weighted by Gasteiger charge is -2.10. The predicted octanol–water partition coefficient (Wildman–Crippen LogP) is 2.48. The van der Waals surface area contributed by atoms with E-state index in [1.54, 1.807) is 0 Å². The summed E-state index contributed by atoms with van der Waals surface area (Å²) in [7, 11) is 0. The van der Waals surface area contributed by atoms with Gasteiger partial charge in [-0.15, -0.1) is 0 Å². The van der Waals surface area contributed by atoms with E-state index in [9.17, 15) is 0 Å². The van der Waals surface area contributed by atoms with E-state index in [4.69, 9.17) is 5.73 Å². The van der Waals surface area contributed by atoms with Crippen molar-refractivity contribution in [2.45, 2.75) is 13.3 Å². The third-order valence-electron chi connectivity index (χ3n) is 1.58. The zero-order valence-electron chi connectivity index (χ0n) is 6.31. The first-order valence-corrected chi connectivity index (χ1v) is 4.66. The van der Waals surface area contributed by atoms with Crippen LogP contribution in [0.4, 0.5) is 0 Å². The highest BCUT2D eigenvalue weighted by molar-refractivity contribution is 14.1. The highest BCUT2D eigenvalue weighted by Gasteiger charge is 2.03. The van der Waals surface area contributed by atoms with Crippen LogP contribution in [0.25, 0.3) is 0 Å². The highest BCUT2D eigenvalue weighted by atomic mass is 127. The summed E-state index contributed by atoms with van der Waals surface area (Å²) in [6, 6.07) is 0. The quantitative estimate of drug-likeness (QED) is 0.602. The fourth-order valence-corrected chi connectivity index (χ4v) is 1.26. The fourth-order valence-electron chi connectivity index (χ4n) is 0.797. The summed E-state index contributed by atoms with van der Waals surface area (Å²) in [4.78, 5) is 0. The molecule has 0 saturated heterocycles. The molecule has 0 aliphatic rings. The SMILES string of the molecule is C=C(/C=C\I)C(CC)CN. The number of allylic oxidation sites excluding steroid dienone is 1. The molecule has 0 spiro atoms. The Morgan fingerprint density at radius 1 is 1.80 bits per heavy atom. The molecule has 10 heavy (non-hydrogen) atoms. The molecule has 1 atom stereocenters. The maximum atomic E-state index is 5.52. The van der Waals surface area contributed by atoms with Crippen molar-refractivity contribution in [3.05, 3.63) is 22.3 Å². The maximum absolute atomic E-state index is 5.52. The fraction of sp³-hybridized carbons (Fsp3) is 0.500. The van der Waals surface area contributed by atoms with Gasteiger partial charge >= 0.3 is 0 Å². The Morgan fingerprint density at radius 2 is 2.40 bits per heavy atom. The molecular formula is C8H14IN. The van der Waals surface area contributed by atoms with Gasteiger partial charge in [0.05, 0.1) is 0 Å². The molecule has 0 fully saturated rings. The third kappa shape index (κ3) is 3.37. The minimum Gasteiger partial charge on any atom is -0.330 e. The van der Waals surface area contributed by atoms with E-state index in [0.29, 0.717) is 12.5 Å². The van der Waals surface area contributed by atoms with E-state index < -0.39 is 0 Å². The second-order valence-electron chi connectivity index (χ2n) is 2.21. The number of hydrogen-bond donors (Lipinski definition) is 1. The molecule has 0 aliphatic heterocycles. The van der Waals surface area contributed by atoms with E-state index in [1.165, 1.54) is 0 Å². The lowest BCUT2D eigenvalue weighted by atomic mass is 9.98. The summed E-state index contributed by atoms with van der Waals surface area (Å²) in [5, 5.41) is 0. The molecule has 0 saturated carbocycles. The van der Waals surface area contributed by atoms with E-state index in [1.807, 2.05) is 10.2 Å². The van der Waals surface area contributed by atoms with Gasteiger partial charge in [0.1, 0.15) is 0 Å². The van der Waals surface area contributed by atoms with Crippen molar-refractivity contribution >= 4 is 22.6 Å². The number of rotatable bonds is 4. The van der Waals surface area contributed by atoms with Gasteiger partial charge in [0.15, 0.2) is 0 Å². The van der Waals surface area contributed by atoms with Crippen LogP contribution >= 0.6 is 22.6 Å². The first-order valence-electron chi connectivity index (χ1n) is 3.41. The van der Waals surface area contributed by atoms with Crippen LogP contribution < -0.4 is 5.73 Å². The zero-order valence-corrected chi connectivity index (χ0v) is 8.47. The largest absolute Gasteiger partial charge is 0.330 e. The third-order valence-corrected chi connectivity index (χ3v) is 1.94. The molecule has 0 aliphatic carbocycles. The topological polar surface area (TPSA) is 26.0 Å². The molecule has 0 radical (unpaired) electrons. The van der Waals surface area contributed by atoms with Gasteiger partial charge in [-0.25, -0.2) is 0 Å². The number of nitrogens with two attached hydrogens (primary N) is 1. The van der Waals surface area contributed by atoms with Crippen LogP contribution in [0.15, 0.2) is 22.3 Å². The van der Waals surface area contributed by atoms with Crippen molar-refractivity contribution in [3.63, 3.8) is 0 Å². The van der Waals surface area contributed by atoms with Crippen LogP contribution in [0.5, 0.6) is 0 Å². The summed E-state index contributed by atoms with van der Waals surface area (Å²) in [5.74, 6) is 0.464. The monoisotopic (exact) mass is 251 g/mol. The van der Waals surface area contributed by atoms with Gasteiger partial charge in [0, 0.05) is 0 Å². The second-order valence-corrected chi connectivity index (χ2v) is 2.93. The molecule has 0 bridgehead atoms. The van der Waals surface area contributed by atoms with Gasteiger partial charge in [0.2, 0.25) is 0 Å². The maximum Gasteiger partial charge on any atom is -0.000855 e. The van der Waals surface area contributed by atoms with Gasteiger partial charge in [-0.2, -0.15) is 0 Å². The smallest absolute Gasteiger partial charge is 0.000855 e. The van der Waals surface area contributed by atoms with E-state index >= 15 is 0 Å². The Balaban J connectivity index is 3.89. The van der Waals surface area contributed by atoms with Crippen molar-refractivity contribution in [3.8, 4) is 0 Å². The summed E-state index contributed by atoms with van der Waals surface area (Å²) in [6.45, 7) is 6.75. The molecular weight excluding hydrogens is 237 g/mol. The van der Waals surface area contributed by atoms with Gasteiger partial charge in [-0.3, -0.25) is 0 Å². The Labute approximate surface area is 76.5 Å². The van der Waals surface area contributed by atoms with Crippen molar-refractivity contribution in [2.24, 2.45) is 11.7 Å². The first kappa shape index (κ1) is 10.2. The van der Waals surface area contributed by atoms with Crippen LogP contribution in [-0.4, -0.2) is 6.54 Å². The van der Waals surface area contributed by atoms with Crippen molar-refractivity contribution in [1.29, 1.82) is 0 Å². The predicted molar refractivity (Wildman–Crippen MR) is 55.1 cm³/mol. The molecule has 0 aromatic carbocycles. The molecule has 0 rings (SSSR count). The van der Waals surface area contributed by atoms with Crippen molar-refractivity contribution in [2.75, 3.05) is 6.54 Å². The van der Waals surface area contributed by atoms with Gasteiger partial charge in [-0.05, 0) is 23.0 Å². The average molecular weight is 251 g/mol. The lowest BCUT2D eigenvalue weighted by Crippen LogP contribution is -2.14. The molecule has 1 unspecified atom stereocenters. The van der Waals surface area contributed by atoms with Crippen LogP contribution in [-0.2, 0) is 0 Å². The molecule has 0 aromatic rings.